The van der Waals surface area contributed by atoms with Crippen molar-refractivity contribution >= 4 is 21.7 Å². The summed E-state index contributed by atoms with van der Waals surface area (Å²) in [6, 6.07) is -0.512. The molecular weight excluding hydrogens is 268 g/mol. The Labute approximate surface area is 111 Å². The Kier molecular flexibility index (Phi) is 2.54. The average Bonchev–Trinajstić information content (AvgIpc) is 3.09. The summed E-state index contributed by atoms with van der Waals surface area (Å²) in [5.41, 5.74) is -0.866. The molecule has 2 heterocycles. The van der Waals surface area contributed by atoms with Crippen molar-refractivity contribution in [1.82, 2.24) is 10.2 Å². The van der Waals surface area contributed by atoms with Gasteiger partial charge in [0.25, 0.3) is 0 Å². The van der Waals surface area contributed by atoms with E-state index >= 15 is 0 Å². The van der Waals surface area contributed by atoms with Gasteiger partial charge in [-0.05, 0) is 31.8 Å². The van der Waals surface area contributed by atoms with Crippen LogP contribution in [0.2, 0.25) is 0 Å². The number of piperazine rings is 1. The van der Waals surface area contributed by atoms with Gasteiger partial charge in [-0.2, -0.15) is 0 Å². The molecule has 104 valence electrons. The lowest BCUT2D eigenvalue weighted by atomic mass is 9.91. The number of carbonyl (C=O) groups is 2. The summed E-state index contributed by atoms with van der Waals surface area (Å²) in [6.45, 7) is 1.68. The van der Waals surface area contributed by atoms with Gasteiger partial charge in [0, 0.05) is 5.41 Å². The Balaban J connectivity index is 1.87. The van der Waals surface area contributed by atoms with Crippen LogP contribution in [0.1, 0.15) is 19.8 Å². The average molecular weight is 284 g/mol. The molecule has 2 aliphatic heterocycles. The van der Waals surface area contributed by atoms with E-state index in [0.717, 1.165) is 18.2 Å². The second-order valence-corrected chi connectivity index (χ2v) is 7.61. The van der Waals surface area contributed by atoms with E-state index in [0.29, 0.717) is 0 Å². The minimum atomic E-state index is -3.23. The van der Waals surface area contributed by atoms with Crippen LogP contribution in [0.15, 0.2) is 11.5 Å². The molecule has 7 heteroatoms. The topological polar surface area (TPSA) is 83.6 Å². The van der Waals surface area contributed by atoms with Crippen molar-refractivity contribution in [3.05, 3.63) is 11.5 Å². The summed E-state index contributed by atoms with van der Waals surface area (Å²) >= 11 is 0. The maximum absolute atomic E-state index is 12.6. The minimum Gasteiger partial charge on any atom is -0.340 e. The van der Waals surface area contributed by atoms with Crippen LogP contribution >= 0.6 is 0 Å². The van der Waals surface area contributed by atoms with Gasteiger partial charge in [-0.1, -0.05) is 0 Å². The molecule has 2 amide bonds. The minimum absolute atomic E-state index is 0.0638. The van der Waals surface area contributed by atoms with E-state index < -0.39 is 21.4 Å². The Bertz CT molecular complexity index is 579. The van der Waals surface area contributed by atoms with Gasteiger partial charge in [0.05, 0.1) is 11.8 Å². The molecule has 3 aliphatic rings. The molecule has 1 N–H and O–H groups in total. The Morgan fingerprint density at radius 1 is 1.37 bits per heavy atom. The van der Waals surface area contributed by atoms with Crippen molar-refractivity contribution in [1.29, 1.82) is 0 Å². The predicted octanol–water partition coefficient (Wildman–Crippen LogP) is -0.576. The van der Waals surface area contributed by atoms with Crippen LogP contribution in [-0.4, -0.2) is 49.0 Å². The van der Waals surface area contributed by atoms with Gasteiger partial charge in [-0.3, -0.25) is 9.59 Å². The Morgan fingerprint density at radius 3 is 2.58 bits per heavy atom. The molecule has 0 aromatic heterocycles. The predicted molar refractivity (Wildman–Crippen MR) is 67.7 cm³/mol. The van der Waals surface area contributed by atoms with Crippen LogP contribution in [0, 0.1) is 5.92 Å². The molecule has 1 saturated carbocycles. The number of rotatable bonds is 2. The second kappa shape index (κ2) is 3.82. The quantitative estimate of drug-likeness (QED) is 0.735. The normalized spacial score (nSPS) is 37.5. The highest BCUT2D eigenvalue weighted by Crippen LogP contribution is 2.42. The van der Waals surface area contributed by atoms with Crippen LogP contribution < -0.4 is 5.32 Å². The lowest BCUT2D eigenvalue weighted by molar-refractivity contribution is -0.151. The number of carbonyl (C=O) groups excluding carboxylic acids is 2. The van der Waals surface area contributed by atoms with E-state index in [1.807, 2.05) is 0 Å². The fourth-order valence-electron chi connectivity index (χ4n) is 2.87. The van der Waals surface area contributed by atoms with E-state index in [4.69, 9.17) is 0 Å². The summed E-state index contributed by atoms with van der Waals surface area (Å²) in [4.78, 5) is 25.8. The standard InChI is InChI=1S/C12H16N2O4S/c1-12(8-2-3-8)11(16)14(6-10(15)13-12)9-4-5-19(17,18)7-9/h4-5,8-9H,2-3,6-7H2,1H3,(H,13,15). The highest BCUT2D eigenvalue weighted by Gasteiger charge is 2.53. The summed E-state index contributed by atoms with van der Waals surface area (Å²) in [6.07, 6.45) is 3.35. The first-order valence-electron chi connectivity index (χ1n) is 6.35. The number of amides is 2. The maximum Gasteiger partial charge on any atom is 0.249 e. The number of nitrogens with one attached hydrogen (secondary N) is 1. The van der Waals surface area contributed by atoms with E-state index in [1.165, 1.54) is 11.0 Å². The van der Waals surface area contributed by atoms with Gasteiger partial charge >= 0.3 is 0 Å². The molecule has 0 bridgehead atoms. The smallest absolute Gasteiger partial charge is 0.249 e. The van der Waals surface area contributed by atoms with Gasteiger partial charge in [0.2, 0.25) is 11.8 Å². The van der Waals surface area contributed by atoms with E-state index in [2.05, 4.69) is 5.32 Å². The molecule has 0 aromatic carbocycles. The van der Waals surface area contributed by atoms with Crippen LogP contribution in [0.4, 0.5) is 0 Å². The highest BCUT2D eigenvalue weighted by molar-refractivity contribution is 7.94. The first-order valence-corrected chi connectivity index (χ1v) is 8.06. The fraction of sp³-hybridized carbons (Fsp3) is 0.667. The second-order valence-electron chi connectivity index (χ2n) is 5.68. The third kappa shape index (κ3) is 2.05. The largest absolute Gasteiger partial charge is 0.340 e. The van der Waals surface area contributed by atoms with Crippen molar-refractivity contribution in [3.8, 4) is 0 Å². The summed E-state index contributed by atoms with van der Waals surface area (Å²) in [5.74, 6) is -0.325. The zero-order valence-electron chi connectivity index (χ0n) is 10.6. The zero-order valence-corrected chi connectivity index (χ0v) is 11.4. The van der Waals surface area contributed by atoms with Gasteiger partial charge in [0.15, 0.2) is 9.84 Å². The van der Waals surface area contributed by atoms with Crippen LogP contribution in [0.25, 0.3) is 0 Å². The molecular formula is C12H16N2O4S. The Hall–Kier alpha value is -1.37. The van der Waals surface area contributed by atoms with E-state index in [1.54, 1.807) is 6.92 Å². The van der Waals surface area contributed by atoms with Crippen molar-refractivity contribution < 1.29 is 18.0 Å². The van der Waals surface area contributed by atoms with Crippen molar-refractivity contribution in [2.75, 3.05) is 12.3 Å². The summed E-state index contributed by atoms with van der Waals surface area (Å²) in [7, 11) is -3.23. The molecule has 2 unspecified atom stereocenters. The maximum atomic E-state index is 12.6. The number of hydrogen-bond acceptors (Lipinski definition) is 4. The molecule has 2 fully saturated rings. The molecule has 19 heavy (non-hydrogen) atoms. The number of nitrogens with zero attached hydrogens (tertiary/aromatic N) is 1. The van der Waals surface area contributed by atoms with Crippen LogP contribution in [-0.2, 0) is 19.4 Å². The summed E-state index contributed by atoms with van der Waals surface area (Å²) in [5, 5.41) is 3.91. The molecule has 3 rings (SSSR count). The first kappa shape index (κ1) is 12.7. The SMILES string of the molecule is CC1(C2CC2)NC(=O)CN(C2C=CS(=O)(=O)C2)C1=O. The number of sulfone groups is 1. The molecule has 0 aromatic rings. The lowest BCUT2D eigenvalue weighted by Gasteiger charge is -2.42. The molecule has 1 saturated heterocycles. The molecule has 2 atom stereocenters. The Morgan fingerprint density at radius 2 is 2.05 bits per heavy atom. The van der Waals surface area contributed by atoms with Crippen LogP contribution in [0.5, 0.6) is 0 Å². The zero-order chi connectivity index (χ0) is 13.8. The third-order valence-electron chi connectivity index (χ3n) is 4.12. The van der Waals surface area contributed by atoms with Crippen molar-refractivity contribution in [2.45, 2.75) is 31.3 Å². The lowest BCUT2D eigenvalue weighted by Crippen LogP contribution is -2.68. The van der Waals surface area contributed by atoms with Crippen molar-refractivity contribution in [2.24, 2.45) is 5.92 Å². The highest BCUT2D eigenvalue weighted by atomic mass is 32.2. The molecule has 0 spiro atoms. The van der Waals surface area contributed by atoms with Crippen LogP contribution in [0.3, 0.4) is 0 Å². The fourth-order valence-corrected chi connectivity index (χ4v) is 4.17. The van der Waals surface area contributed by atoms with Gasteiger partial charge in [-0.15, -0.1) is 0 Å². The van der Waals surface area contributed by atoms with E-state index in [9.17, 15) is 18.0 Å². The van der Waals surface area contributed by atoms with Gasteiger partial charge in [-0.25, -0.2) is 8.42 Å². The van der Waals surface area contributed by atoms with Crippen molar-refractivity contribution in [3.63, 3.8) is 0 Å². The van der Waals surface area contributed by atoms with E-state index in [-0.39, 0.29) is 30.0 Å². The molecule has 0 radical (unpaired) electrons. The number of hydrogen-bond donors (Lipinski definition) is 1. The molecule has 6 nitrogen and oxygen atoms in total. The van der Waals surface area contributed by atoms with Gasteiger partial charge < -0.3 is 10.2 Å². The van der Waals surface area contributed by atoms with Gasteiger partial charge in [0.1, 0.15) is 12.1 Å². The first-order chi connectivity index (χ1) is 8.82. The monoisotopic (exact) mass is 284 g/mol. The summed E-state index contributed by atoms with van der Waals surface area (Å²) < 4.78 is 22.9. The molecule has 1 aliphatic carbocycles. The third-order valence-corrected chi connectivity index (χ3v) is 5.50.